The van der Waals surface area contributed by atoms with Crippen LogP contribution in [0.3, 0.4) is 0 Å². The first-order valence-electron chi connectivity index (χ1n) is 6.81. The number of carboxylic acid groups (broad SMARTS) is 1. The number of carbonyl (C=O) groups excluding carboxylic acids is 1. The molecule has 0 aliphatic carbocycles. The number of alkyl halides is 3. The number of rotatable bonds is 3. The number of nitrogens with zero attached hydrogens (tertiary/aromatic N) is 3. The van der Waals surface area contributed by atoms with Crippen molar-refractivity contribution in [1.82, 2.24) is 14.6 Å². The molecule has 0 aliphatic heterocycles. The number of carbonyl (C=O) groups is 2. The minimum Gasteiger partial charge on any atom is -0.477 e. The molecule has 1 aromatic carbocycles. The highest BCUT2D eigenvalue weighted by Gasteiger charge is 2.30. The monoisotopic (exact) mass is 350 g/mol. The first-order chi connectivity index (χ1) is 11.8. The summed E-state index contributed by atoms with van der Waals surface area (Å²) in [6.45, 7) is 0. The zero-order valence-corrected chi connectivity index (χ0v) is 12.3. The lowest BCUT2D eigenvalue weighted by molar-refractivity contribution is -0.137. The Morgan fingerprint density at radius 3 is 2.64 bits per heavy atom. The average molecular weight is 350 g/mol. The Morgan fingerprint density at radius 1 is 1.20 bits per heavy atom. The van der Waals surface area contributed by atoms with E-state index in [2.05, 4.69) is 15.4 Å². The average Bonchev–Trinajstić information content (AvgIpc) is 2.97. The highest BCUT2D eigenvalue weighted by molar-refractivity contribution is 6.04. The molecule has 128 valence electrons. The maximum atomic E-state index is 12.7. The van der Waals surface area contributed by atoms with E-state index in [1.807, 2.05) is 0 Å². The molecule has 0 aliphatic rings. The molecular formula is C15H9F3N4O3. The maximum Gasteiger partial charge on any atom is 0.416 e. The highest BCUT2D eigenvalue weighted by Crippen LogP contribution is 2.29. The van der Waals surface area contributed by atoms with Crippen LogP contribution < -0.4 is 5.32 Å². The fourth-order valence-corrected chi connectivity index (χ4v) is 2.13. The lowest BCUT2D eigenvalue weighted by atomic mass is 10.1. The van der Waals surface area contributed by atoms with Crippen LogP contribution in [0.1, 0.15) is 26.3 Å². The third kappa shape index (κ3) is 3.27. The molecule has 10 heteroatoms. The second kappa shape index (κ2) is 5.89. The molecule has 0 spiro atoms. The Bertz CT molecular complexity index is 982. The summed E-state index contributed by atoms with van der Waals surface area (Å²) in [6, 6.07) is 3.97. The van der Waals surface area contributed by atoms with Crippen molar-refractivity contribution < 1.29 is 27.9 Å². The molecule has 0 unspecified atom stereocenters. The lowest BCUT2D eigenvalue weighted by Crippen LogP contribution is -2.14. The zero-order valence-electron chi connectivity index (χ0n) is 12.3. The van der Waals surface area contributed by atoms with E-state index in [0.717, 1.165) is 28.9 Å². The standard InChI is InChI=1S/C15H9F3N4O3/c16-15(17,18)9-3-1-2-8(4-9)13(23)21-10-5-19-12-11(14(24)25)6-20-22(12)7-10/h1-7H,(H,21,23)(H,24,25). The van der Waals surface area contributed by atoms with Crippen LogP contribution in [-0.4, -0.2) is 31.6 Å². The molecule has 0 atom stereocenters. The number of anilines is 1. The predicted molar refractivity (Wildman–Crippen MR) is 79.3 cm³/mol. The summed E-state index contributed by atoms with van der Waals surface area (Å²) in [5.41, 5.74) is -1.01. The van der Waals surface area contributed by atoms with Gasteiger partial charge in [-0.3, -0.25) is 4.79 Å². The van der Waals surface area contributed by atoms with Gasteiger partial charge in [-0.1, -0.05) is 6.07 Å². The van der Waals surface area contributed by atoms with E-state index in [-0.39, 0.29) is 22.5 Å². The quantitative estimate of drug-likeness (QED) is 0.757. The summed E-state index contributed by atoms with van der Waals surface area (Å²) < 4.78 is 39.2. The van der Waals surface area contributed by atoms with Crippen LogP contribution in [-0.2, 0) is 6.18 Å². The topological polar surface area (TPSA) is 96.6 Å². The van der Waals surface area contributed by atoms with Crippen LogP contribution in [0.4, 0.5) is 18.9 Å². The number of benzene rings is 1. The van der Waals surface area contributed by atoms with Gasteiger partial charge in [0, 0.05) is 5.56 Å². The second-order valence-corrected chi connectivity index (χ2v) is 5.01. The molecule has 0 bridgehead atoms. The molecule has 0 radical (unpaired) electrons. The number of halogens is 3. The molecule has 2 heterocycles. The van der Waals surface area contributed by atoms with Crippen LogP contribution in [0.2, 0.25) is 0 Å². The molecule has 2 aromatic heterocycles. The summed E-state index contributed by atoms with van der Waals surface area (Å²) in [6.07, 6.45) is -0.961. The van der Waals surface area contributed by atoms with E-state index in [1.54, 1.807) is 0 Å². The molecule has 0 fully saturated rings. The van der Waals surface area contributed by atoms with Crippen molar-refractivity contribution in [3.05, 3.63) is 59.5 Å². The number of fused-ring (bicyclic) bond motifs is 1. The highest BCUT2D eigenvalue weighted by atomic mass is 19.4. The minimum atomic E-state index is -4.56. The largest absolute Gasteiger partial charge is 0.477 e. The zero-order chi connectivity index (χ0) is 18.2. The molecule has 0 saturated carbocycles. The molecule has 7 nitrogen and oxygen atoms in total. The van der Waals surface area contributed by atoms with Crippen LogP contribution in [0.5, 0.6) is 0 Å². The van der Waals surface area contributed by atoms with Gasteiger partial charge in [-0.25, -0.2) is 14.3 Å². The Kier molecular flexibility index (Phi) is 3.87. The first kappa shape index (κ1) is 16.4. The maximum absolute atomic E-state index is 12.7. The van der Waals surface area contributed by atoms with Gasteiger partial charge in [0.15, 0.2) is 5.65 Å². The normalized spacial score (nSPS) is 11.5. The van der Waals surface area contributed by atoms with E-state index >= 15 is 0 Å². The Labute approximate surface area is 137 Å². The number of hydrogen-bond donors (Lipinski definition) is 2. The van der Waals surface area contributed by atoms with Crippen molar-refractivity contribution >= 4 is 23.2 Å². The number of hydrogen-bond acceptors (Lipinski definition) is 4. The van der Waals surface area contributed by atoms with Crippen molar-refractivity contribution in [2.45, 2.75) is 6.18 Å². The van der Waals surface area contributed by atoms with Gasteiger partial charge in [0.1, 0.15) is 5.56 Å². The smallest absolute Gasteiger partial charge is 0.416 e. The van der Waals surface area contributed by atoms with E-state index in [9.17, 15) is 22.8 Å². The summed E-state index contributed by atoms with van der Waals surface area (Å²) >= 11 is 0. The van der Waals surface area contributed by atoms with Crippen molar-refractivity contribution in [2.75, 3.05) is 5.32 Å². The summed E-state index contributed by atoms with van der Waals surface area (Å²) in [7, 11) is 0. The van der Waals surface area contributed by atoms with Crippen LogP contribution >= 0.6 is 0 Å². The molecule has 3 aromatic rings. The number of amides is 1. The van der Waals surface area contributed by atoms with Gasteiger partial charge < -0.3 is 10.4 Å². The Balaban J connectivity index is 1.86. The van der Waals surface area contributed by atoms with Crippen molar-refractivity contribution in [1.29, 1.82) is 0 Å². The molecule has 1 amide bonds. The van der Waals surface area contributed by atoms with Gasteiger partial charge in [0.25, 0.3) is 5.91 Å². The van der Waals surface area contributed by atoms with Gasteiger partial charge in [0.2, 0.25) is 0 Å². The number of nitrogens with one attached hydrogen (secondary N) is 1. The molecule has 2 N–H and O–H groups in total. The van der Waals surface area contributed by atoms with Crippen LogP contribution in [0, 0.1) is 0 Å². The predicted octanol–water partition coefficient (Wildman–Crippen LogP) is 2.70. The van der Waals surface area contributed by atoms with E-state index in [4.69, 9.17) is 5.11 Å². The van der Waals surface area contributed by atoms with E-state index < -0.39 is 23.6 Å². The molecule has 25 heavy (non-hydrogen) atoms. The summed E-state index contributed by atoms with van der Waals surface area (Å²) in [4.78, 5) is 27.0. The third-order valence-electron chi connectivity index (χ3n) is 3.30. The third-order valence-corrected chi connectivity index (χ3v) is 3.30. The van der Waals surface area contributed by atoms with Gasteiger partial charge >= 0.3 is 12.1 Å². The summed E-state index contributed by atoms with van der Waals surface area (Å²) in [5.74, 6) is -1.97. The SMILES string of the molecule is O=C(Nc1cnc2c(C(=O)O)cnn2c1)c1cccc(C(F)(F)F)c1. The van der Waals surface area contributed by atoms with Gasteiger partial charge in [-0.15, -0.1) is 0 Å². The van der Waals surface area contributed by atoms with Crippen LogP contribution in [0.15, 0.2) is 42.9 Å². The Morgan fingerprint density at radius 2 is 1.96 bits per heavy atom. The fourth-order valence-electron chi connectivity index (χ4n) is 2.13. The fraction of sp³-hybridized carbons (Fsp3) is 0.0667. The molecule has 3 rings (SSSR count). The number of carboxylic acids is 1. The molecule has 0 saturated heterocycles. The van der Waals surface area contributed by atoms with E-state index in [1.165, 1.54) is 18.5 Å². The number of aromatic nitrogens is 3. The second-order valence-electron chi connectivity index (χ2n) is 5.01. The summed E-state index contributed by atoms with van der Waals surface area (Å²) in [5, 5.41) is 15.2. The van der Waals surface area contributed by atoms with Crippen molar-refractivity contribution in [3.63, 3.8) is 0 Å². The van der Waals surface area contributed by atoms with Gasteiger partial charge in [-0.2, -0.15) is 18.3 Å². The number of aromatic carboxylic acids is 1. The Hall–Kier alpha value is -3.43. The van der Waals surface area contributed by atoms with Gasteiger partial charge in [-0.05, 0) is 18.2 Å². The van der Waals surface area contributed by atoms with Crippen LogP contribution in [0.25, 0.3) is 5.65 Å². The van der Waals surface area contributed by atoms with Crippen molar-refractivity contribution in [2.24, 2.45) is 0 Å². The minimum absolute atomic E-state index is 0.0737. The van der Waals surface area contributed by atoms with E-state index in [0.29, 0.717) is 0 Å². The van der Waals surface area contributed by atoms with Gasteiger partial charge in [0.05, 0.1) is 29.8 Å². The molecular weight excluding hydrogens is 341 g/mol. The lowest BCUT2D eigenvalue weighted by Gasteiger charge is -2.09. The first-order valence-corrected chi connectivity index (χ1v) is 6.81. The van der Waals surface area contributed by atoms with Crippen molar-refractivity contribution in [3.8, 4) is 0 Å².